The molecule has 2 aliphatic rings. The van der Waals surface area contributed by atoms with Crippen LogP contribution in [0.1, 0.15) is 32.1 Å². The minimum Gasteiger partial charge on any atom is -0.370 e. The van der Waals surface area contributed by atoms with Gasteiger partial charge in [0, 0.05) is 6.04 Å². The van der Waals surface area contributed by atoms with Crippen molar-refractivity contribution >= 4 is 17.9 Å². The summed E-state index contributed by atoms with van der Waals surface area (Å²) in [6.07, 6.45) is 5.11. The summed E-state index contributed by atoms with van der Waals surface area (Å²) in [5.41, 5.74) is 16.9. The van der Waals surface area contributed by atoms with E-state index in [-0.39, 0.29) is 18.0 Å². The molecule has 8 heteroatoms. The summed E-state index contributed by atoms with van der Waals surface area (Å²) in [5, 5.41) is 9.99. The number of nitrogens with two attached hydrogens (primary N) is 3. The highest BCUT2D eigenvalue weighted by Gasteiger charge is 2.31. The van der Waals surface area contributed by atoms with E-state index in [1.807, 2.05) is 4.90 Å². The van der Waals surface area contributed by atoms with E-state index in [4.69, 9.17) is 22.6 Å². The Morgan fingerprint density at radius 1 is 1.33 bits per heavy atom. The monoisotopic (exact) mass is 252 g/mol. The van der Waals surface area contributed by atoms with Crippen LogP contribution in [0.2, 0.25) is 0 Å². The van der Waals surface area contributed by atoms with Gasteiger partial charge in [0.15, 0.2) is 12.2 Å². The van der Waals surface area contributed by atoms with Crippen LogP contribution >= 0.6 is 0 Å². The van der Waals surface area contributed by atoms with E-state index in [0.29, 0.717) is 5.96 Å². The Morgan fingerprint density at radius 2 is 2.00 bits per heavy atom. The molecular weight excluding hydrogens is 232 g/mol. The van der Waals surface area contributed by atoms with Crippen LogP contribution in [0.3, 0.4) is 0 Å². The van der Waals surface area contributed by atoms with Crippen molar-refractivity contribution in [1.82, 2.24) is 10.2 Å². The maximum absolute atomic E-state index is 7.30. The molecule has 0 saturated heterocycles. The van der Waals surface area contributed by atoms with Crippen LogP contribution < -0.4 is 22.5 Å². The summed E-state index contributed by atoms with van der Waals surface area (Å²) in [6.45, 7) is 0. The van der Waals surface area contributed by atoms with E-state index in [0.717, 1.165) is 12.8 Å². The van der Waals surface area contributed by atoms with Crippen molar-refractivity contribution in [2.24, 2.45) is 27.2 Å². The van der Waals surface area contributed by atoms with Crippen LogP contribution in [0.25, 0.3) is 0 Å². The lowest BCUT2D eigenvalue weighted by Crippen LogP contribution is -2.59. The van der Waals surface area contributed by atoms with E-state index in [9.17, 15) is 0 Å². The smallest absolute Gasteiger partial charge is 0.221 e. The Kier molecular flexibility index (Phi) is 3.66. The molecule has 0 aromatic heterocycles. The lowest BCUT2D eigenvalue weighted by Gasteiger charge is -2.39. The SMILES string of the molecule is N=C(N)NC1=NC(N)=NC(N)N1C1CCCCC1. The van der Waals surface area contributed by atoms with Gasteiger partial charge in [0.25, 0.3) is 0 Å². The summed E-state index contributed by atoms with van der Waals surface area (Å²) in [6, 6.07) is 0.274. The van der Waals surface area contributed by atoms with Crippen molar-refractivity contribution in [1.29, 1.82) is 5.41 Å². The van der Waals surface area contributed by atoms with Crippen molar-refractivity contribution in [3.8, 4) is 0 Å². The van der Waals surface area contributed by atoms with Crippen LogP contribution in [0, 0.1) is 5.41 Å². The molecule has 0 amide bonds. The van der Waals surface area contributed by atoms with Gasteiger partial charge in [0.1, 0.15) is 0 Å². The largest absolute Gasteiger partial charge is 0.370 e. The average Bonchev–Trinajstić information content (AvgIpc) is 2.28. The first-order valence-corrected chi connectivity index (χ1v) is 6.15. The lowest BCUT2D eigenvalue weighted by molar-refractivity contribution is 0.189. The first-order chi connectivity index (χ1) is 8.58. The van der Waals surface area contributed by atoms with Gasteiger partial charge < -0.3 is 16.4 Å². The molecule has 1 atom stereocenters. The molecule has 0 spiro atoms. The Labute approximate surface area is 106 Å². The second-order valence-electron chi connectivity index (χ2n) is 4.57. The molecule has 1 unspecified atom stereocenters. The van der Waals surface area contributed by atoms with E-state index in [2.05, 4.69) is 15.3 Å². The highest BCUT2D eigenvalue weighted by atomic mass is 15.5. The van der Waals surface area contributed by atoms with Gasteiger partial charge in [-0.25, -0.2) is 4.99 Å². The predicted octanol–water partition coefficient (Wildman–Crippen LogP) is -0.969. The fourth-order valence-electron chi connectivity index (χ4n) is 2.48. The summed E-state index contributed by atoms with van der Waals surface area (Å²) in [4.78, 5) is 10.0. The quantitative estimate of drug-likeness (QED) is 0.301. The minimum atomic E-state index is -0.563. The third-order valence-corrected chi connectivity index (χ3v) is 3.23. The normalized spacial score (nSPS) is 25.4. The molecule has 0 aromatic carbocycles. The topological polar surface area (TPSA) is 142 Å². The first kappa shape index (κ1) is 12.6. The molecule has 0 radical (unpaired) electrons. The van der Waals surface area contributed by atoms with Gasteiger partial charge in [0.05, 0.1) is 0 Å². The second kappa shape index (κ2) is 5.21. The molecule has 1 aliphatic carbocycles. The molecule has 8 nitrogen and oxygen atoms in total. The van der Waals surface area contributed by atoms with Gasteiger partial charge in [-0.1, -0.05) is 19.3 Å². The highest BCUT2D eigenvalue weighted by molar-refractivity contribution is 6.03. The maximum atomic E-state index is 7.30. The standard InChI is InChI=1S/C10H20N8/c11-7(12)15-10-17-8(13)16-9(14)18(10)6-4-2-1-3-5-6/h6,9H,1-5,14H2,(H6,11,12,13,15,16,17). The molecule has 2 rings (SSSR count). The predicted molar refractivity (Wildman–Crippen MR) is 70.8 cm³/mol. The van der Waals surface area contributed by atoms with E-state index in [1.54, 1.807) is 0 Å². The summed E-state index contributed by atoms with van der Waals surface area (Å²) in [7, 11) is 0. The van der Waals surface area contributed by atoms with Gasteiger partial charge >= 0.3 is 0 Å². The molecule has 1 fully saturated rings. The van der Waals surface area contributed by atoms with E-state index < -0.39 is 6.29 Å². The zero-order chi connectivity index (χ0) is 13.1. The number of guanidine groups is 3. The van der Waals surface area contributed by atoms with Gasteiger partial charge in [-0.3, -0.25) is 16.5 Å². The Morgan fingerprint density at radius 3 is 2.61 bits per heavy atom. The Bertz CT molecular complexity index is 381. The van der Waals surface area contributed by atoms with Gasteiger partial charge in [-0.2, -0.15) is 4.99 Å². The fourth-order valence-corrected chi connectivity index (χ4v) is 2.48. The lowest BCUT2D eigenvalue weighted by atomic mass is 9.94. The molecule has 1 heterocycles. The Balaban J connectivity index is 2.19. The fraction of sp³-hybridized carbons (Fsp3) is 0.700. The highest BCUT2D eigenvalue weighted by Crippen LogP contribution is 2.24. The van der Waals surface area contributed by atoms with Crippen LogP contribution in [-0.2, 0) is 0 Å². The minimum absolute atomic E-state index is 0.110. The van der Waals surface area contributed by atoms with Crippen molar-refractivity contribution in [3.05, 3.63) is 0 Å². The molecule has 18 heavy (non-hydrogen) atoms. The number of nitrogens with zero attached hydrogens (tertiary/aromatic N) is 3. The maximum Gasteiger partial charge on any atom is 0.221 e. The van der Waals surface area contributed by atoms with Crippen LogP contribution in [-0.4, -0.2) is 35.1 Å². The van der Waals surface area contributed by atoms with Crippen molar-refractivity contribution in [3.63, 3.8) is 0 Å². The zero-order valence-electron chi connectivity index (χ0n) is 10.3. The third-order valence-electron chi connectivity index (χ3n) is 3.23. The number of aliphatic imine (C=N–C) groups is 2. The third kappa shape index (κ3) is 2.70. The van der Waals surface area contributed by atoms with Gasteiger partial charge in [0.2, 0.25) is 11.9 Å². The number of hydrogen-bond donors (Lipinski definition) is 5. The molecule has 0 aromatic rings. The van der Waals surface area contributed by atoms with Gasteiger partial charge in [-0.05, 0) is 12.8 Å². The molecule has 8 N–H and O–H groups in total. The number of rotatable bonds is 1. The first-order valence-electron chi connectivity index (χ1n) is 6.15. The van der Waals surface area contributed by atoms with Crippen molar-refractivity contribution in [2.45, 2.75) is 44.4 Å². The van der Waals surface area contributed by atoms with Crippen LogP contribution in [0.15, 0.2) is 9.98 Å². The molecule has 1 aliphatic heterocycles. The van der Waals surface area contributed by atoms with Crippen molar-refractivity contribution < 1.29 is 0 Å². The van der Waals surface area contributed by atoms with E-state index in [1.165, 1.54) is 19.3 Å². The second-order valence-corrected chi connectivity index (χ2v) is 4.57. The van der Waals surface area contributed by atoms with Crippen molar-refractivity contribution in [2.75, 3.05) is 0 Å². The molecule has 0 bridgehead atoms. The Hall–Kier alpha value is -1.83. The number of nitrogens with one attached hydrogen (secondary N) is 2. The molecular formula is C10H20N8. The van der Waals surface area contributed by atoms with Crippen LogP contribution in [0.4, 0.5) is 0 Å². The van der Waals surface area contributed by atoms with Crippen LogP contribution in [0.5, 0.6) is 0 Å². The summed E-state index contributed by atoms with van der Waals surface area (Å²) < 4.78 is 0. The summed E-state index contributed by atoms with van der Waals surface area (Å²) >= 11 is 0. The van der Waals surface area contributed by atoms with Gasteiger partial charge in [-0.15, -0.1) is 0 Å². The zero-order valence-corrected chi connectivity index (χ0v) is 10.3. The summed E-state index contributed by atoms with van der Waals surface area (Å²) in [5.74, 6) is 0.351. The molecule has 1 saturated carbocycles. The number of hydrogen-bond acceptors (Lipinski definition) is 6. The molecule has 100 valence electrons. The average molecular weight is 252 g/mol. The van der Waals surface area contributed by atoms with E-state index >= 15 is 0 Å².